The van der Waals surface area contributed by atoms with E-state index in [1.54, 1.807) is 12.1 Å². The van der Waals surface area contributed by atoms with E-state index >= 15 is 0 Å². The number of carbonyl (C=O) groups is 2. The second-order valence-electron chi connectivity index (χ2n) is 12.0. The van der Waals surface area contributed by atoms with Crippen LogP contribution in [0.1, 0.15) is 65.0 Å². The second kappa shape index (κ2) is 14.5. The predicted molar refractivity (Wildman–Crippen MR) is 170 cm³/mol. The Balaban J connectivity index is 0.00000401. The first-order valence-electron chi connectivity index (χ1n) is 15.9. The minimum absolute atomic E-state index is 0. The van der Waals surface area contributed by atoms with Crippen LogP contribution in [0.4, 0.5) is 0 Å². The summed E-state index contributed by atoms with van der Waals surface area (Å²) in [5, 5.41) is 11.5. The van der Waals surface area contributed by atoms with Crippen LogP contribution in [0.25, 0.3) is 0 Å². The first-order valence-corrected chi connectivity index (χ1v) is 15.9. The van der Waals surface area contributed by atoms with E-state index in [2.05, 4.69) is 0 Å². The third kappa shape index (κ3) is 6.59. The van der Waals surface area contributed by atoms with Gasteiger partial charge in [0.2, 0.25) is 6.79 Å². The van der Waals surface area contributed by atoms with Crippen LogP contribution in [0.5, 0.6) is 34.5 Å². The topological polar surface area (TPSA) is 113 Å². The van der Waals surface area contributed by atoms with Gasteiger partial charge in [-0.15, -0.1) is 0 Å². The summed E-state index contributed by atoms with van der Waals surface area (Å²) in [6.07, 6.45) is 3.87. The number of carboxylic acid groups (broad SMARTS) is 1. The third-order valence-corrected chi connectivity index (χ3v) is 9.14. The first kappa shape index (κ1) is 33.7. The van der Waals surface area contributed by atoms with Gasteiger partial charge in [-0.1, -0.05) is 31.2 Å². The Bertz CT molecular complexity index is 1840. The van der Waals surface area contributed by atoms with Gasteiger partial charge >= 0.3 is 35.5 Å². The van der Waals surface area contributed by atoms with Crippen LogP contribution < -0.4 is 63.1 Å². The van der Waals surface area contributed by atoms with Crippen LogP contribution in [-0.4, -0.2) is 39.1 Å². The van der Waals surface area contributed by atoms with Gasteiger partial charge in [0.05, 0.1) is 25.6 Å². The molecule has 0 bridgehead atoms. The maximum Gasteiger partial charge on any atom is 1.00 e. The standard InChI is InChI=1S/C38H36O9.Na/c1-3-15-43-26-11-12-28-30(18-26)36(29-13-10-25(42-2)19-32(29)44-20-34(39)40)37(35(28)24-8-14-31-33(17-24)46-21-45-31)38(41)47-27-9-7-22-5-4-6-23(22)16-27;/h7-14,16-19,35-37H,3-6,15,20-21H2,1-2H3,(H,39,40);/q;+1/p-1/t35-,36+,37+;/m0./s1. The zero-order valence-electron chi connectivity index (χ0n) is 27.3. The summed E-state index contributed by atoms with van der Waals surface area (Å²) in [5.74, 6) is -0.493. The summed E-state index contributed by atoms with van der Waals surface area (Å²) >= 11 is 0. The van der Waals surface area contributed by atoms with Crippen molar-refractivity contribution in [1.29, 1.82) is 0 Å². The molecule has 0 unspecified atom stereocenters. The summed E-state index contributed by atoms with van der Waals surface area (Å²) in [6, 6.07) is 22.7. The van der Waals surface area contributed by atoms with E-state index in [1.165, 1.54) is 18.2 Å². The predicted octanol–water partition coefficient (Wildman–Crippen LogP) is 2.33. The fraction of sp³-hybridized carbons (Fsp3) is 0.316. The molecule has 0 saturated heterocycles. The van der Waals surface area contributed by atoms with Gasteiger partial charge in [-0.3, -0.25) is 4.79 Å². The normalized spacial score (nSPS) is 18.3. The Kier molecular flexibility index (Phi) is 10.2. The molecule has 48 heavy (non-hydrogen) atoms. The summed E-state index contributed by atoms with van der Waals surface area (Å²) < 4.78 is 34.9. The number of esters is 1. The first-order chi connectivity index (χ1) is 22.9. The number of ether oxygens (including phenoxy) is 6. The van der Waals surface area contributed by atoms with Crippen molar-refractivity contribution in [1.82, 2.24) is 0 Å². The molecule has 7 rings (SSSR count). The molecule has 3 aliphatic rings. The van der Waals surface area contributed by atoms with Gasteiger partial charge in [0.1, 0.15) is 29.6 Å². The maximum atomic E-state index is 14.7. The third-order valence-electron chi connectivity index (χ3n) is 9.14. The van der Waals surface area contributed by atoms with Gasteiger partial charge in [0, 0.05) is 23.5 Å². The molecular formula is C38H35NaO9. The molecule has 3 atom stereocenters. The van der Waals surface area contributed by atoms with E-state index in [-0.39, 0.29) is 42.1 Å². The van der Waals surface area contributed by atoms with Crippen LogP contribution in [0, 0.1) is 5.92 Å². The summed E-state index contributed by atoms with van der Waals surface area (Å²) in [7, 11) is 1.52. The number of fused-ring (bicyclic) bond motifs is 3. The van der Waals surface area contributed by atoms with Crippen molar-refractivity contribution in [3.8, 4) is 34.5 Å². The molecule has 1 aliphatic heterocycles. The Morgan fingerprint density at radius 3 is 2.38 bits per heavy atom. The Hall–Kier alpha value is -4.18. The average Bonchev–Trinajstić information content (AvgIpc) is 3.83. The molecule has 0 amide bonds. The zero-order valence-corrected chi connectivity index (χ0v) is 29.3. The monoisotopic (exact) mass is 658 g/mol. The number of methoxy groups -OCH3 is 1. The van der Waals surface area contributed by atoms with Crippen molar-refractivity contribution in [2.45, 2.75) is 44.4 Å². The van der Waals surface area contributed by atoms with Crippen LogP contribution in [0.15, 0.2) is 72.8 Å². The summed E-state index contributed by atoms with van der Waals surface area (Å²) in [5.41, 5.74) is 5.69. The van der Waals surface area contributed by atoms with Gasteiger partial charge in [0.15, 0.2) is 11.5 Å². The van der Waals surface area contributed by atoms with E-state index in [9.17, 15) is 14.7 Å². The van der Waals surface area contributed by atoms with Gasteiger partial charge in [0.25, 0.3) is 0 Å². The number of aryl methyl sites for hydroxylation is 2. The molecule has 1 heterocycles. The largest absolute Gasteiger partial charge is 1.00 e. The second-order valence-corrected chi connectivity index (χ2v) is 12.0. The number of hydrogen-bond donors (Lipinski definition) is 0. The van der Waals surface area contributed by atoms with Gasteiger partial charge < -0.3 is 38.3 Å². The number of benzene rings is 4. The Labute approximate surface area is 301 Å². The minimum Gasteiger partial charge on any atom is -0.546 e. The molecule has 2 aliphatic carbocycles. The van der Waals surface area contributed by atoms with Gasteiger partial charge in [-0.25, -0.2) is 0 Å². The molecule has 4 aromatic rings. The molecule has 0 aromatic heterocycles. The van der Waals surface area contributed by atoms with E-state index < -0.39 is 36.3 Å². The Morgan fingerprint density at radius 1 is 0.792 bits per heavy atom. The smallest absolute Gasteiger partial charge is 0.546 e. The minimum atomic E-state index is -1.37. The van der Waals surface area contributed by atoms with E-state index in [0.717, 1.165) is 42.4 Å². The Morgan fingerprint density at radius 2 is 1.56 bits per heavy atom. The van der Waals surface area contributed by atoms with E-state index in [1.807, 2.05) is 67.6 Å². The van der Waals surface area contributed by atoms with Crippen LogP contribution in [0.3, 0.4) is 0 Å². The van der Waals surface area contributed by atoms with Crippen molar-refractivity contribution >= 4 is 11.9 Å². The average molecular weight is 659 g/mol. The molecular weight excluding hydrogens is 623 g/mol. The molecule has 0 N–H and O–H groups in total. The van der Waals surface area contributed by atoms with Gasteiger partial charge in [-0.2, -0.15) is 0 Å². The summed E-state index contributed by atoms with van der Waals surface area (Å²) in [4.78, 5) is 26.2. The van der Waals surface area contributed by atoms with Crippen molar-refractivity contribution in [2.75, 3.05) is 27.1 Å². The number of aliphatic carboxylic acids is 1. The van der Waals surface area contributed by atoms with Crippen molar-refractivity contribution in [3.63, 3.8) is 0 Å². The van der Waals surface area contributed by atoms with Crippen LogP contribution in [-0.2, 0) is 22.4 Å². The zero-order chi connectivity index (χ0) is 32.5. The van der Waals surface area contributed by atoms with Crippen molar-refractivity contribution in [3.05, 3.63) is 106 Å². The molecule has 9 nitrogen and oxygen atoms in total. The molecule has 0 spiro atoms. The number of rotatable bonds is 11. The fourth-order valence-electron chi connectivity index (χ4n) is 7.08. The van der Waals surface area contributed by atoms with Crippen LogP contribution in [0.2, 0.25) is 0 Å². The van der Waals surface area contributed by atoms with Crippen molar-refractivity contribution < 1.29 is 72.7 Å². The molecule has 4 aromatic carbocycles. The number of carboxylic acids is 1. The maximum absolute atomic E-state index is 14.7. The molecule has 0 saturated carbocycles. The van der Waals surface area contributed by atoms with Gasteiger partial charge in [-0.05, 0) is 96.0 Å². The molecule has 10 heteroatoms. The fourth-order valence-corrected chi connectivity index (χ4v) is 7.08. The SMILES string of the molecule is CCCOc1ccc2c(c1)[C@@H](c1ccc(OC)cc1OCC(=O)[O-])[C@H](C(=O)Oc1ccc3c(c1)CCC3)[C@H]2c1ccc2c(c1)OCO2.[Na+]. The number of hydrogen-bond acceptors (Lipinski definition) is 9. The molecule has 0 radical (unpaired) electrons. The van der Waals surface area contributed by atoms with Crippen molar-refractivity contribution in [2.24, 2.45) is 5.92 Å². The van der Waals surface area contributed by atoms with E-state index in [0.29, 0.717) is 40.9 Å². The number of carbonyl (C=O) groups excluding carboxylic acids is 2. The summed E-state index contributed by atoms with van der Waals surface area (Å²) in [6.45, 7) is 2.02. The van der Waals surface area contributed by atoms with E-state index in [4.69, 9.17) is 28.4 Å². The van der Waals surface area contributed by atoms with Crippen LogP contribution >= 0.6 is 0 Å². The molecule has 242 valence electrons. The molecule has 0 fully saturated rings. The quantitative estimate of drug-likeness (QED) is 0.136.